The summed E-state index contributed by atoms with van der Waals surface area (Å²) in [6.45, 7) is 11.2. The van der Waals surface area contributed by atoms with Crippen molar-refractivity contribution >= 4 is 28.6 Å². The van der Waals surface area contributed by atoms with E-state index in [9.17, 15) is 4.79 Å². The van der Waals surface area contributed by atoms with Crippen molar-refractivity contribution in [2.24, 2.45) is 17.3 Å². The molecule has 2 fully saturated rings. The van der Waals surface area contributed by atoms with Crippen LogP contribution >= 0.6 is 11.6 Å². The van der Waals surface area contributed by atoms with Crippen LogP contribution in [0.5, 0.6) is 0 Å². The van der Waals surface area contributed by atoms with Gasteiger partial charge in [-0.2, -0.15) is 5.10 Å². The molecular weight excluding hydrogens is 512 g/mol. The number of anilines is 1. The quantitative estimate of drug-likeness (QED) is 0.313. The molecular formula is C29H37ClN8O. The molecule has 0 aromatic carbocycles. The molecule has 1 aliphatic carbocycles. The zero-order chi connectivity index (χ0) is 27.3. The fourth-order valence-corrected chi connectivity index (χ4v) is 6.64. The number of halogens is 1. The van der Waals surface area contributed by atoms with Crippen molar-refractivity contribution in [3.8, 4) is 22.8 Å². The summed E-state index contributed by atoms with van der Waals surface area (Å²) in [5.74, 6) is 2.76. The molecule has 9 nitrogen and oxygen atoms in total. The third-order valence-corrected chi connectivity index (χ3v) is 8.72. The minimum Gasteiger partial charge on any atom is -0.339 e. The second kappa shape index (κ2) is 10.1. The maximum atomic E-state index is 11.9. The maximum Gasteiger partial charge on any atom is 0.340 e. The SMILES string of the molecule is CC1CCC(Cn2c(N3CCCC3C(C)(C)C)nc3cc(-c4n[nH]c(=O)[nH]4)nc(-c4cncc(Cl)c4)c32)CC1. The van der Waals surface area contributed by atoms with E-state index in [1.165, 1.54) is 25.7 Å². The first kappa shape index (κ1) is 26.0. The molecule has 1 unspecified atom stereocenters. The smallest absolute Gasteiger partial charge is 0.339 e. The molecule has 2 N–H and O–H groups in total. The van der Waals surface area contributed by atoms with Gasteiger partial charge in [0, 0.05) is 37.1 Å². The second-order valence-corrected chi connectivity index (χ2v) is 12.9. The molecule has 5 heterocycles. The lowest BCUT2D eigenvalue weighted by Crippen LogP contribution is -2.41. The number of pyridine rings is 2. The molecule has 1 atom stereocenters. The van der Waals surface area contributed by atoms with Crippen molar-refractivity contribution < 1.29 is 0 Å². The number of nitrogens with one attached hydrogen (secondary N) is 2. The molecule has 0 amide bonds. The van der Waals surface area contributed by atoms with Crippen LogP contribution in [0.1, 0.15) is 66.2 Å². The van der Waals surface area contributed by atoms with Crippen LogP contribution in [0.4, 0.5) is 5.95 Å². The Labute approximate surface area is 233 Å². The molecule has 10 heteroatoms. The molecule has 1 saturated carbocycles. The Hall–Kier alpha value is -3.20. The molecule has 0 bridgehead atoms. The van der Waals surface area contributed by atoms with E-state index in [-0.39, 0.29) is 11.1 Å². The van der Waals surface area contributed by atoms with E-state index >= 15 is 0 Å². The Morgan fingerprint density at radius 2 is 1.87 bits per heavy atom. The minimum absolute atomic E-state index is 0.122. The number of nitrogens with zero attached hydrogens (tertiary/aromatic N) is 6. The average Bonchev–Trinajstić information content (AvgIpc) is 3.63. The number of hydrogen-bond acceptors (Lipinski definition) is 6. The lowest BCUT2D eigenvalue weighted by Gasteiger charge is -2.36. The number of H-pyrrole nitrogens is 2. The van der Waals surface area contributed by atoms with Gasteiger partial charge in [0.25, 0.3) is 0 Å². The summed E-state index contributed by atoms with van der Waals surface area (Å²) >= 11 is 6.41. The topological polar surface area (TPSA) is 108 Å². The van der Waals surface area contributed by atoms with E-state index < -0.39 is 0 Å². The van der Waals surface area contributed by atoms with Gasteiger partial charge in [-0.05, 0) is 55.1 Å². The van der Waals surface area contributed by atoms with E-state index in [4.69, 9.17) is 21.6 Å². The van der Waals surface area contributed by atoms with E-state index in [1.807, 2.05) is 12.1 Å². The highest BCUT2D eigenvalue weighted by atomic mass is 35.5. The number of hydrogen-bond donors (Lipinski definition) is 2. The summed E-state index contributed by atoms with van der Waals surface area (Å²) in [5.41, 5.74) is 3.67. The Bertz CT molecular complexity index is 1540. The van der Waals surface area contributed by atoms with E-state index in [1.54, 1.807) is 12.4 Å². The van der Waals surface area contributed by atoms with Crippen molar-refractivity contribution in [1.82, 2.24) is 34.7 Å². The van der Waals surface area contributed by atoms with Crippen LogP contribution in [0.3, 0.4) is 0 Å². The predicted molar refractivity (Wildman–Crippen MR) is 155 cm³/mol. The van der Waals surface area contributed by atoms with Gasteiger partial charge >= 0.3 is 5.69 Å². The highest BCUT2D eigenvalue weighted by Crippen LogP contribution is 2.41. The Morgan fingerprint density at radius 1 is 1.08 bits per heavy atom. The average molecular weight is 549 g/mol. The van der Waals surface area contributed by atoms with Gasteiger partial charge in [-0.3, -0.25) is 9.97 Å². The molecule has 4 aromatic rings. The zero-order valence-electron chi connectivity index (χ0n) is 23.2. The van der Waals surface area contributed by atoms with Crippen LogP contribution in [-0.4, -0.2) is 47.3 Å². The van der Waals surface area contributed by atoms with Gasteiger partial charge in [0.15, 0.2) is 5.82 Å². The summed E-state index contributed by atoms with van der Waals surface area (Å²) < 4.78 is 2.42. The zero-order valence-corrected chi connectivity index (χ0v) is 23.9. The van der Waals surface area contributed by atoms with Crippen LogP contribution in [0.25, 0.3) is 33.8 Å². The van der Waals surface area contributed by atoms with Gasteiger partial charge in [-0.25, -0.2) is 19.9 Å². The van der Waals surface area contributed by atoms with Crippen molar-refractivity contribution in [1.29, 1.82) is 0 Å². The minimum atomic E-state index is -0.374. The lowest BCUT2D eigenvalue weighted by atomic mass is 9.83. The second-order valence-electron chi connectivity index (χ2n) is 12.5. The normalized spacial score (nSPS) is 22.2. The molecule has 0 spiro atoms. The number of aromatic nitrogens is 7. The van der Waals surface area contributed by atoms with Crippen LogP contribution in [-0.2, 0) is 6.54 Å². The summed E-state index contributed by atoms with van der Waals surface area (Å²) in [6.07, 6.45) is 10.7. The Kier molecular flexibility index (Phi) is 6.73. The highest BCUT2D eigenvalue weighted by molar-refractivity contribution is 6.30. The molecule has 0 radical (unpaired) electrons. The van der Waals surface area contributed by atoms with Gasteiger partial charge in [-0.1, -0.05) is 52.1 Å². The number of aromatic amines is 2. The van der Waals surface area contributed by atoms with Gasteiger partial charge in [0.05, 0.1) is 21.7 Å². The number of rotatable bonds is 5. The molecule has 206 valence electrons. The lowest BCUT2D eigenvalue weighted by molar-refractivity contribution is 0.265. The summed E-state index contributed by atoms with van der Waals surface area (Å²) in [7, 11) is 0. The molecule has 6 rings (SSSR count). The van der Waals surface area contributed by atoms with Crippen molar-refractivity contribution in [3.63, 3.8) is 0 Å². The van der Waals surface area contributed by atoms with Crippen LogP contribution < -0.4 is 10.6 Å². The van der Waals surface area contributed by atoms with E-state index in [2.05, 4.69) is 57.3 Å². The van der Waals surface area contributed by atoms with Crippen LogP contribution in [0, 0.1) is 17.3 Å². The van der Waals surface area contributed by atoms with Crippen LogP contribution in [0.2, 0.25) is 5.02 Å². The summed E-state index contributed by atoms with van der Waals surface area (Å²) in [4.78, 5) is 31.9. The third kappa shape index (κ3) is 5.09. The standard InChI is InChI=1S/C29H37ClN8O/c1-17-7-9-18(10-8-17)16-38-25-21(33-28(38)37-11-5-6-23(37)29(2,3)4)13-22(26-34-27(39)36-35-26)32-24(25)19-12-20(30)15-31-14-19/h12-15,17-18,23H,5-11,16H2,1-4H3,(H2,34,35,36,39). The molecule has 4 aromatic heterocycles. The van der Waals surface area contributed by atoms with E-state index in [0.717, 1.165) is 60.1 Å². The van der Waals surface area contributed by atoms with Gasteiger partial charge in [0.2, 0.25) is 5.95 Å². The summed E-state index contributed by atoms with van der Waals surface area (Å²) in [5, 5.41) is 7.15. The predicted octanol–water partition coefficient (Wildman–Crippen LogP) is 6.07. The summed E-state index contributed by atoms with van der Waals surface area (Å²) in [6, 6.07) is 4.22. The molecule has 1 saturated heterocycles. The number of imidazole rings is 1. The maximum absolute atomic E-state index is 11.9. The van der Waals surface area contributed by atoms with Gasteiger partial charge < -0.3 is 9.47 Å². The first-order chi connectivity index (χ1) is 18.7. The first-order valence-electron chi connectivity index (χ1n) is 14.1. The molecule has 39 heavy (non-hydrogen) atoms. The van der Waals surface area contributed by atoms with Crippen LogP contribution in [0.15, 0.2) is 29.3 Å². The Balaban J connectivity index is 1.59. The fraction of sp³-hybridized carbons (Fsp3) is 0.552. The largest absolute Gasteiger partial charge is 0.340 e. The van der Waals surface area contributed by atoms with Crippen molar-refractivity contribution in [2.45, 2.75) is 78.8 Å². The fourth-order valence-electron chi connectivity index (χ4n) is 6.47. The van der Waals surface area contributed by atoms with Gasteiger partial charge in [0.1, 0.15) is 5.69 Å². The first-order valence-corrected chi connectivity index (χ1v) is 14.5. The highest BCUT2D eigenvalue weighted by Gasteiger charge is 2.37. The molecule has 2 aliphatic rings. The molecule has 1 aliphatic heterocycles. The monoisotopic (exact) mass is 548 g/mol. The van der Waals surface area contributed by atoms with Gasteiger partial charge in [-0.15, -0.1) is 0 Å². The van der Waals surface area contributed by atoms with Crippen molar-refractivity contribution in [3.05, 3.63) is 40.0 Å². The van der Waals surface area contributed by atoms with E-state index in [0.29, 0.717) is 28.5 Å². The third-order valence-electron chi connectivity index (χ3n) is 8.51. The Morgan fingerprint density at radius 3 is 2.56 bits per heavy atom. The number of fused-ring (bicyclic) bond motifs is 1. The van der Waals surface area contributed by atoms with Crippen molar-refractivity contribution in [2.75, 3.05) is 11.4 Å².